The van der Waals surface area contributed by atoms with Gasteiger partial charge in [-0.25, -0.2) is 4.68 Å². The number of morpholine rings is 1. The van der Waals surface area contributed by atoms with Crippen LogP contribution in [0.1, 0.15) is 30.4 Å². The molecule has 19 heavy (non-hydrogen) atoms. The molecule has 2 saturated heterocycles. The minimum atomic E-state index is -0.290. The predicted molar refractivity (Wildman–Crippen MR) is 67.9 cm³/mol. The van der Waals surface area contributed by atoms with Crippen LogP contribution in [-0.2, 0) is 4.74 Å². The second-order valence-electron chi connectivity index (χ2n) is 5.73. The molecule has 7 nitrogen and oxygen atoms in total. The summed E-state index contributed by atoms with van der Waals surface area (Å²) in [6, 6.07) is 0.329. The Bertz CT molecular complexity index is 480. The van der Waals surface area contributed by atoms with Gasteiger partial charge in [-0.15, -0.1) is 5.10 Å². The Morgan fingerprint density at radius 2 is 2.32 bits per heavy atom. The van der Waals surface area contributed by atoms with Gasteiger partial charge in [-0.3, -0.25) is 4.79 Å². The number of carbonyl (C=O) groups excluding carboxylic acids is 1. The number of carbonyl (C=O) groups is 1. The summed E-state index contributed by atoms with van der Waals surface area (Å²) >= 11 is 0. The molecule has 0 spiro atoms. The van der Waals surface area contributed by atoms with E-state index in [1.807, 2.05) is 13.8 Å². The lowest BCUT2D eigenvalue weighted by Gasteiger charge is -2.37. The third-order valence-corrected chi connectivity index (χ3v) is 3.58. The predicted octanol–water partition coefficient (Wildman–Crippen LogP) is -0.327. The van der Waals surface area contributed by atoms with Crippen molar-refractivity contribution < 1.29 is 9.53 Å². The third kappa shape index (κ3) is 2.48. The number of nitrogens with one attached hydrogen (secondary N) is 1. The fourth-order valence-corrected chi connectivity index (χ4v) is 2.37. The molecule has 3 rings (SSSR count). The van der Waals surface area contributed by atoms with Gasteiger partial charge >= 0.3 is 0 Å². The SMILES string of the molecule is CC1(C)CN(C(=O)c2cn(C3CNC3)nn2)CCO1. The zero-order chi connectivity index (χ0) is 13.5. The molecule has 7 heteroatoms. The van der Waals surface area contributed by atoms with Crippen molar-refractivity contribution >= 4 is 5.91 Å². The first-order valence-electron chi connectivity index (χ1n) is 6.61. The summed E-state index contributed by atoms with van der Waals surface area (Å²) in [4.78, 5) is 14.2. The molecule has 0 radical (unpaired) electrons. The van der Waals surface area contributed by atoms with Gasteiger partial charge < -0.3 is 15.0 Å². The smallest absolute Gasteiger partial charge is 0.276 e. The van der Waals surface area contributed by atoms with Gasteiger partial charge in [0.1, 0.15) is 0 Å². The minimum absolute atomic E-state index is 0.0603. The van der Waals surface area contributed by atoms with Crippen LogP contribution < -0.4 is 5.32 Å². The highest BCUT2D eigenvalue weighted by atomic mass is 16.5. The molecule has 1 amide bonds. The van der Waals surface area contributed by atoms with Crippen LogP contribution in [0.5, 0.6) is 0 Å². The number of amides is 1. The first-order chi connectivity index (χ1) is 9.05. The Balaban J connectivity index is 1.70. The largest absolute Gasteiger partial charge is 0.372 e. The first kappa shape index (κ1) is 12.6. The van der Waals surface area contributed by atoms with E-state index in [2.05, 4.69) is 15.6 Å². The number of hydrogen-bond acceptors (Lipinski definition) is 5. The van der Waals surface area contributed by atoms with Gasteiger partial charge in [0.2, 0.25) is 0 Å². The zero-order valence-corrected chi connectivity index (χ0v) is 11.3. The van der Waals surface area contributed by atoms with Crippen LogP contribution in [0.3, 0.4) is 0 Å². The lowest BCUT2D eigenvalue weighted by molar-refractivity contribution is -0.0765. The van der Waals surface area contributed by atoms with Crippen molar-refractivity contribution in [3.63, 3.8) is 0 Å². The van der Waals surface area contributed by atoms with Crippen LogP contribution in [0, 0.1) is 0 Å². The molecule has 3 heterocycles. The van der Waals surface area contributed by atoms with Gasteiger partial charge in [0.15, 0.2) is 5.69 Å². The maximum atomic E-state index is 12.4. The topological polar surface area (TPSA) is 72.3 Å². The second-order valence-corrected chi connectivity index (χ2v) is 5.73. The van der Waals surface area contributed by atoms with E-state index in [1.165, 1.54) is 0 Å². The van der Waals surface area contributed by atoms with Crippen molar-refractivity contribution in [2.24, 2.45) is 0 Å². The average Bonchev–Trinajstić information content (AvgIpc) is 2.73. The molecule has 1 N–H and O–H groups in total. The molecule has 0 aliphatic carbocycles. The van der Waals surface area contributed by atoms with Gasteiger partial charge in [0.25, 0.3) is 5.91 Å². The van der Waals surface area contributed by atoms with Crippen molar-refractivity contribution in [3.8, 4) is 0 Å². The molecule has 2 fully saturated rings. The maximum absolute atomic E-state index is 12.4. The summed E-state index contributed by atoms with van der Waals surface area (Å²) in [6.07, 6.45) is 1.75. The fraction of sp³-hybridized carbons (Fsp3) is 0.750. The molecular weight excluding hydrogens is 246 g/mol. The van der Waals surface area contributed by atoms with Crippen molar-refractivity contribution in [1.82, 2.24) is 25.2 Å². The van der Waals surface area contributed by atoms with Crippen LogP contribution >= 0.6 is 0 Å². The van der Waals surface area contributed by atoms with Gasteiger partial charge in [0.05, 0.1) is 24.4 Å². The van der Waals surface area contributed by atoms with E-state index in [0.29, 0.717) is 31.4 Å². The average molecular weight is 265 g/mol. The van der Waals surface area contributed by atoms with Crippen molar-refractivity contribution in [1.29, 1.82) is 0 Å². The van der Waals surface area contributed by atoms with Crippen molar-refractivity contribution in [3.05, 3.63) is 11.9 Å². The molecule has 0 bridgehead atoms. The summed E-state index contributed by atoms with van der Waals surface area (Å²) in [5.74, 6) is -0.0603. The Morgan fingerprint density at radius 1 is 1.53 bits per heavy atom. The number of ether oxygens (including phenoxy) is 1. The zero-order valence-electron chi connectivity index (χ0n) is 11.3. The normalized spacial score (nSPS) is 23.2. The molecule has 1 aromatic rings. The van der Waals surface area contributed by atoms with Gasteiger partial charge in [-0.2, -0.15) is 0 Å². The summed E-state index contributed by atoms with van der Waals surface area (Å²) in [7, 11) is 0. The number of hydrogen-bond donors (Lipinski definition) is 1. The Labute approximate surface area is 111 Å². The van der Waals surface area contributed by atoms with E-state index in [0.717, 1.165) is 13.1 Å². The lowest BCUT2D eigenvalue weighted by atomic mass is 10.1. The highest BCUT2D eigenvalue weighted by Crippen LogP contribution is 2.18. The summed E-state index contributed by atoms with van der Waals surface area (Å²) in [5.41, 5.74) is 0.131. The molecule has 0 atom stereocenters. The molecule has 1 aromatic heterocycles. The van der Waals surface area contributed by atoms with E-state index >= 15 is 0 Å². The van der Waals surface area contributed by atoms with E-state index in [1.54, 1.807) is 15.8 Å². The van der Waals surface area contributed by atoms with Crippen LogP contribution in [0.2, 0.25) is 0 Å². The van der Waals surface area contributed by atoms with Crippen molar-refractivity contribution in [2.45, 2.75) is 25.5 Å². The highest BCUT2D eigenvalue weighted by molar-refractivity contribution is 5.92. The van der Waals surface area contributed by atoms with Gasteiger partial charge in [0, 0.05) is 26.2 Å². The molecule has 104 valence electrons. The van der Waals surface area contributed by atoms with Crippen LogP contribution in [0.15, 0.2) is 6.20 Å². The van der Waals surface area contributed by atoms with Crippen molar-refractivity contribution in [2.75, 3.05) is 32.8 Å². The summed E-state index contributed by atoms with van der Waals surface area (Å²) in [6.45, 7) is 7.53. The highest BCUT2D eigenvalue weighted by Gasteiger charge is 2.32. The number of aromatic nitrogens is 3. The van der Waals surface area contributed by atoms with Gasteiger partial charge in [-0.1, -0.05) is 5.21 Å². The van der Waals surface area contributed by atoms with Crippen LogP contribution in [-0.4, -0.2) is 64.2 Å². The van der Waals surface area contributed by atoms with E-state index in [9.17, 15) is 4.79 Å². The quantitative estimate of drug-likeness (QED) is 0.793. The first-order valence-corrected chi connectivity index (χ1v) is 6.61. The van der Waals surface area contributed by atoms with E-state index < -0.39 is 0 Å². The summed E-state index contributed by atoms with van der Waals surface area (Å²) in [5, 5.41) is 11.2. The standard InChI is InChI=1S/C12H19N5O2/c1-12(2)8-16(3-4-19-12)11(18)10-7-17(15-14-10)9-5-13-6-9/h7,9,13H,3-6,8H2,1-2H3. The second kappa shape index (κ2) is 4.57. The molecular formula is C12H19N5O2. The Morgan fingerprint density at radius 3 is 2.95 bits per heavy atom. The van der Waals surface area contributed by atoms with E-state index in [4.69, 9.17) is 4.74 Å². The molecule has 0 saturated carbocycles. The third-order valence-electron chi connectivity index (χ3n) is 3.58. The fourth-order valence-electron chi connectivity index (χ4n) is 2.37. The molecule has 0 aromatic carbocycles. The Kier molecular flexibility index (Phi) is 3.02. The summed E-state index contributed by atoms with van der Waals surface area (Å²) < 4.78 is 7.38. The monoisotopic (exact) mass is 265 g/mol. The lowest BCUT2D eigenvalue weighted by Crippen LogP contribution is -2.50. The molecule has 2 aliphatic rings. The molecule has 2 aliphatic heterocycles. The Hall–Kier alpha value is -1.47. The van der Waals surface area contributed by atoms with Crippen LogP contribution in [0.25, 0.3) is 0 Å². The number of nitrogens with zero attached hydrogens (tertiary/aromatic N) is 4. The van der Waals surface area contributed by atoms with E-state index in [-0.39, 0.29) is 11.5 Å². The van der Waals surface area contributed by atoms with Crippen LogP contribution in [0.4, 0.5) is 0 Å². The van der Waals surface area contributed by atoms with Gasteiger partial charge in [-0.05, 0) is 13.8 Å². The minimum Gasteiger partial charge on any atom is -0.372 e. The number of rotatable bonds is 2. The molecule has 0 unspecified atom stereocenters. The maximum Gasteiger partial charge on any atom is 0.276 e.